The highest BCUT2D eigenvalue weighted by Crippen LogP contribution is 2.23. The molecule has 0 aromatic heterocycles. The molecular weight excluding hydrogens is 250 g/mol. The Morgan fingerprint density at radius 3 is 2.56 bits per heavy atom. The van der Waals surface area contributed by atoms with Crippen molar-refractivity contribution >= 4 is 11.6 Å². The van der Waals surface area contributed by atoms with Crippen LogP contribution < -0.4 is 5.32 Å². The predicted octanol–water partition coefficient (Wildman–Crippen LogP) is 2.93. The number of aliphatic hydroxyl groups is 1. The predicted molar refractivity (Wildman–Crippen MR) is 74.9 cm³/mol. The third-order valence-corrected chi connectivity index (χ3v) is 2.87. The molecule has 0 aliphatic heterocycles. The largest absolute Gasteiger partial charge is 0.506 e. The SMILES string of the molecule is CC(C)(C)CC(O)CNCc1ccc(O)c(Cl)c1. The van der Waals surface area contributed by atoms with Gasteiger partial charge in [-0.25, -0.2) is 0 Å². The Labute approximate surface area is 114 Å². The molecule has 0 saturated heterocycles. The number of benzene rings is 1. The monoisotopic (exact) mass is 271 g/mol. The summed E-state index contributed by atoms with van der Waals surface area (Å²) < 4.78 is 0. The van der Waals surface area contributed by atoms with Gasteiger partial charge in [0.05, 0.1) is 11.1 Å². The number of hydrogen-bond donors (Lipinski definition) is 3. The highest BCUT2D eigenvalue weighted by Gasteiger charge is 2.16. The molecule has 1 unspecified atom stereocenters. The van der Waals surface area contributed by atoms with E-state index in [0.717, 1.165) is 12.0 Å². The second-order valence-electron chi connectivity index (χ2n) is 5.84. The molecule has 0 aliphatic carbocycles. The molecule has 0 bridgehead atoms. The number of nitrogens with one attached hydrogen (secondary N) is 1. The zero-order chi connectivity index (χ0) is 13.8. The summed E-state index contributed by atoms with van der Waals surface area (Å²) in [5.41, 5.74) is 1.11. The summed E-state index contributed by atoms with van der Waals surface area (Å²) in [5, 5.41) is 22.7. The van der Waals surface area contributed by atoms with E-state index in [9.17, 15) is 10.2 Å². The van der Waals surface area contributed by atoms with Crippen molar-refractivity contribution in [1.29, 1.82) is 0 Å². The number of aromatic hydroxyl groups is 1. The fourth-order valence-corrected chi connectivity index (χ4v) is 2.03. The van der Waals surface area contributed by atoms with Crippen molar-refractivity contribution in [1.82, 2.24) is 5.32 Å². The molecule has 4 heteroatoms. The van der Waals surface area contributed by atoms with E-state index in [-0.39, 0.29) is 17.3 Å². The van der Waals surface area contributed by atoms with Gasteiger partial charge in [0.2, 0.25) is 0 Å². The van der Waals surface area contributed by atoms with Crippen molar-refractivity contribution < 1.29 is 10.2 Å². The number of phenols is 1. The minimum atomic E-state index is -0.349. The van der Waals surface area contributed by atoms with E-state index in [4.69, 9.17) is 11.6 Å². The van der Waals surface area contributed by atoms with Crippen LogP contribution in [0.5, 0.6) is 5.75 Å². The molecule has 0 radical (unpaired) electrons. The summed E-state index contributed by atoms with van der Waals surface area (Å²) in [6.45, 7) is 7.50. The molecule has 0 amide bonds. The fraction of sp³-hybridized carbons (Fsp3) is 0.571. The van der Waals surface area contributed by atoms with Crippen molar-refractivity contribution in [3.63, 3.8) is 0 Å². The second-order valence-corrected chi connectivity index (χ2v) is 6.24. The molecule has 3 N–H and O–H groups in total. The van der Waals surface area contributed by atoms with Crippen LogP contribution in [0.3, 0.4) is 0 Å². The lowest BCUT2D eigenvalue weighted by atomic mass is 9.89. The zero-order valence-electron chi connectivity index (χ0n) is 11.2. The van der Waals surface area contributed by atoms with E-state index in [1.54, 1.807) is 12.1 Å². The van der Waals surface area contributed by atoms with Gasteiger partial charge < -0.3 is 15.5 Å². The summed E-state index contributed by atoms with van der Waals surface area (Å²) in [5.74, 6) is 0.0909. The lowest BCUT2D eigenvalue weighted by Gasteiger charge is -2.22. The summed E-state index contributed by atoms with van der Waals surface area (Å²) in [6.07, 6.45) is 0.411. The molecule has 0 heterocycles. The van der Waals surface area contributed by atoms with E-state index in [1.807, 2.05) is 6.07 Å². The first kappa shape index (κ1) is 15.3. The fourth-order valence-electron chi connectivity index (χ4n) is 1.82. The maximum absolute atomic E-state index is 9.83. The summed E-state index contributed by atoms with van der Waals surface area (Å²) >= 11 is 5.82. The van der Waals surface area contributed by atoms with Crippen LogP contribution >= 0.6 is 11.6 Å². The molecule has 102 valence electrons. The van der Waals surface area contributed by atoms with Crippen LogP contribution in [0.2, 0.25) is 5.02 Å². The van der Waals surface area contributed by atoms with Crippen LogP contribution in [0.1, 0.15) is 32.8 Å². The Balaban J connectivity index is 2.35. The molecule has 0 fully saturated rings. The standard InChI is InChI=1S/C14H22ClNO2/c1-14(2,3)7-11(17)9-16-8-10-4-5-13(18)12(15)6-10/h4-6,11,16-18H,7-9H2,1-3H3. The summed E-state index contributed by atoms with van der Waals surface area (Å²) in [7, 11) is 0. The first-order chi connectivity index (χ1) is 8.28. The van der Waals surface area contributed by atoms with E-state index in [1.165, 1.54) is 0 Å². The highest BCUT2D eigenvalue weighted by atomic mass is 35.5. The number of halogens is 1. The minimum Gasteiger partial charge on any atom is -0.506 e. The Kier molecular flexibility index (Phi) is 5.45. The Hall–Kier alpha value is -0.770. The van der Waals surface area contributed by atoms with Crippen LogP contribution in [0.25, 0.3) is 0 Å². The molecule has 1 atom stereocenters. The van der Waals surface area contributed by atoms with Gasteiger partial charge in [0.15, 0.2) is 0 Å². The smallest absolute Gasteiger partial charge is 0.134 e. The van der Waals surface area contributed by atoms with Gasteiger partial charge in [0, 0.05) is 13.1 Å². The van der Waals surface area contributed by atoms with Gasteiger partial charge in [-0.2, -0.15) is 0 Å². The van der Waals surface area contributed by atoms with E-state index in [2.05, 4.69) is 26.1 Å². The second kappa shape index (κ2) is 6.41. The Bertz CT molecular complexity index is 388. The van der Waals surface area contributed by atoms with Crippen molar-refractivity contribution in [2.24, 2.45) is 5.41 Å². The maximum atomic E-state index is 9.83. The molecule has 1 rings (SSSR count). The topological polar surface area (TPSA) is 52.5 Å². The van der Waals surface area contributed by atoms with Crippen LogP contribution in [0.15, 0.2) is 18.2 Å². The normalized spacial score (nSPS) is 13.6. The molecule has 0 saturated carbocycles. The third kappa shape index (κ3) is 5.71. The van der Waals surface area contributed by atoms with Crippen LogP contribution in [-0.4, -0.2) is 22.9 Å². The number of aliphatic hydroxyl groups excluding tert-OH is 1. The van der Waals surface area contributed by atoms with Gasteiger partial charge in [-0.1, -0.05) is 38.4 Å². The molecule has 1 aromatic rings. The van der Waals surface area contributed by atoms with Crippen molar-refractivity contribution in [2.75, 3.05) is 6.54 Å². The Morgan fingerprint density at radius 1 is 1.33 bits per heavy atom. The van der Waals surface area contributed by atoms with Crippen molar-refractivity contribution in [3.05, 3.63) is 28.8 Å². The first-order valence-electron chi connectivity index (χ1n) is 6.14. The van der Waals surface area contributed by atoms with E-state index in [0.29, 0.717) is 18.1 Å². The van der Waals surface area contributed by atoms with E-state index >= 15 is 0 Å². The number of hydrogen-bond acceptors (Lipinski definition) is 3. The highest BCUT2D eigenvalue weighted by molar-refractivity contribution is 6.32. The lowest BCUT2D eigenvalue weighted by Crippen LogP contribution is -2.29. The first-order valence-corrected chi connectivity index (χ1v) is 6.52. The van der Waals surface area contributed by atoms with Gasteiger partial charge >= 0.3 is 0 Å². The average Bonchev–Trinajstić information content (AvgIpc) is 2.20. The van der Waals surface area contributed by atoms with Gasteiger partial charge in [0.25, 0.3) is 0 Å². The minimum absolute atomic E-state index is 0.0909. The van der Waals surface area contributed by atoms with Gasteiger partial charge in [-0.3, -0.25) is 0 Å². The molecular formula is C14H22ClNO2. The van der Waals surface area contributed by atoms with Gasteiger partial charge in [-0.05, 0) is 29.5 Å². The molecule has 1 aromatic carbocycles. The molecule has 18 heavy (non-hydrogen) atoms. The molecule has 3 nitrogen and oxygen atoms in total. The molecule has 0 aliphatic rings. The average molecular weight is 272 g/mol. The summed E-state index contributed by atoms with van der Waals surface area (Å²) in [6, 6.07) is 5.11. The van der Waals surface area contributed by atoms with Crippen molar-refractivity contribution in [3.8, 4) is 5.75 Å². The van der Waals surface area contributed by atoms with E-state index < -0.39 is 0 Å². The van der Waals surface area contributed by atoms with Crippen LogP contribution in [0, 0.1) is 5.41 Å². The quantitative estimate of drug-likeness (QED) is 0.772. The van der Waals surface area contributed by atoms with Gasteiger partial charge in [-0.15, -0.1) is 0 Å². The van der Waals surface area contributed by atoms with Crippen LogP contribution in [0.4, 0.5) is 0 Å². The van der Waals surface area contributed by atoms with Gasteiger partial charge in [0.1, 0.15) is 5.75 Å². The van der Waals surface area contributed by atoms with Crippen LogP contribution in [-0.2, 0) is 6.54 Å². The number of rotatable bonds is 5. The summed E-state index contributed by atoms with van der Waals surface area (Å²) in [4.78, 5) is 0. The third-order valence-electron chi connectivity index (χ3n) is 2.57. The number of phenolic OH excluding ortho intramolecular Hbond substituents is 1. The zero-order valence-corrected chi connectivity index (χ0v) is 12.0. The lowest BCUT2D eigenvalue weighted by molar-refractivity contribution is 0.119. The molecule has 0 spiro atoms. The van der Waals surface area contributed by atoms with Crippen molar-refractivity contribution in [2.45, 2.75) is 39.8 Å². The maximum Gasteiger partial charge on any atom is 0.134 e. The Morgan fingerprint density at radius 2 is 2.00 bits per heavy atom.